The van der Waals surface area contributed by atoms with Gasteiger partial charge >= 0.3 is 0 Å². The van der Waals surface area contributed by atoms with Gasteiger partial charge in [0, 0.05) is 18.5 Å². The minimum atomic E-state index is -0.106. The number of thiocarbonyl (C=S) groups is 1. The zero-order valence-corrected chi connectivity index (χ0v) is 15.4. The third kappa shape index (κ3) is 5.24. The molecule has 0 aliphatic carbocycles. The van der Waals surface area contributed by atoms with Gasteiger partial charge in [0.05, 0.1) is 10.2 Å². The molecule has 24 heavy (non-hydrogen) atoms. The van der Waals surface area contributed by atoms with E-state index in [0.717, 1.165) is 15.9 Å². The van der Waals surface area contributed by atoms with Crippen molar-refractivity contribution in [3.63, 3.8) is 0 Å². The molecule has 0 fully saturated rings. The van der Waals surface area contributed by atoms with Gasteiger partial charge in [0.15, 0.2) is 10.2 Å². The molecule has 0 spiro atoms. The van der Waals surface area contributed by atoms with Crippen molar-refractivity contribution in [3.8, 4) is 0 Å². The molecule has 2 rings (SSSR count). The van der Waals surface area contributed by atoms with E-state index in [1.165, 1.54) is 11.3 Å². The standard InChI is InChI=1S/C16H20N4O2S2/c1-4-13(21)20-16-18-11-6-5-10(8-12(11)24-16)17-15(23)19-14(22)7-9(2)3/h5-6,8-9H,4,7H2,1-3H3,(H,18,20,21)(H2,17,19,22,23). The van der Waals surface area contributed by atoms with Crippen LogP contribution in [-0.2, 0) is 9.59 Å². The lowest BCUT2D eigenvalue weighted by Crippen LogP contribution is -2.34. The molecule has 1 aromatic heterocycles. The Labute approximate surface area is 150 Å². The molecule has 2 aromatic rings. The fraction of sp³-hybridized carbons (Fsp3) is 0.375. The van der Waals surface area contributed by atoms with E-state index >= 15 is 0 Å². The van der Waals surface area contributed by atoms with Crippen LogP contribution in [-0.4, -0.2) is 21.9 Å². The molecule has 0 atom stereocenters. The molecule has 0 bridgehead atoms. The van der Waals surface area contributed by atoms with Crippen molar-refractivity contribution >= 4 is 61.5 Å². The summed E-state index contributed by atoms with van der Waals surface area (Å²) in [5, 5.41) is 9.24. The number of hydrogen-bond acceptors (Lipinski definition) is 5. The van der Waals surface area contributed by atoms with Gasteiger partial charge in [-0.1, -0.05) is 32.1 Å². The number of hydrogen-bond donors (Lipinski definition) is 3. The molecule has 1 heterocycles. The highest BCUT2D eigenvalue weighted by Crippen LogP contribution is 2.28. The van der Waals surface area contributed by atoms with E-state index in [1.807, 2.05) is 32.0 Å². The number of carbonyl (C=O) groups is 2. The van der Waals surface area contributed by atoms with Crippen LogP contribution in [0, 0.1) is 5.92 Å². The predicted octanol–water partition coefficient (Wildman–Crippen LogP) is 3.50. The van der Waals surface area contributed by atoms with Crippen LogP contribution in [0.2, 0.25) is 0 Å². The van der Waals surface area contributed by atoms with Crippen LogP contribution in [0.25, 0.3) is 10.2 Å². The number of nitrogens with zero attached hydrogens (tertiary/aromatic N) is 1. The Kier molecular flexibility index (Phi) is 6.22. The molecule has 1 aromatic carbocycles. The molecule has 0 aliphatic rings. The first-order valence-electron chi connectivity index (χ1n) is 7.68. The first-order chi connectivity index (χ1) is 11.4. The van der Waals surface area contributed by atoms with Crippen LogP contribution in [0.4, 0.5) is 10.8 Å². The summed E-state index contributed by atoms with van der Waals surface area (Å²) < 4.78 is 0.919. The van der Waals surface area contributed by atoms with Gasteiger partial charge in [-0.05, 0) is 36.3 Å². The van der Waals surface area contributed by atoms with Crippen molar-refractivity contribution in [2.24, 2.45) is 5.92 Å². The largest absolute Gasteiger partial charge is 0.332 e. The second kappa shape index (κ2) is 8.16. The highest BCUT2D eigenvalue weighted by Gasteiger charge is 2.09. The highest BCUT2D eigenvalue weighted by atomic mass is 32.1. The van der Waals surface area contributed by atoms with Crippen molar-refractivity contribution in [3.05, 3.63) is 18.2 Å². The lowest BCUT2D eigenvalue weighted by atomic mass is 10.1. The van der Waals surface area contributed by atoms with Crippen molar-refractivity contribution < 1.29 is 9.59 Å². The molecule has 0 aliphatic heterocycles. The van der Waals surface area contributed by atoms with Gasteiger partial charge in [-0.25, -0.2) is 4.98 Å². The van der Waals surface area contributed by atoms with Crippen LogP contribution in [0.1, 0.15) is 33.6 Å². The summed E-state index contributed by atoms with van der Waals surface area (Å²) in [5.41, 5.74) is 1.56. The summed E-state index contributed by atoms with van der Waals surface area (Å²) in [7, 11) is 0. The quantitative estimate of drug-likeness (QED) is 0.707. The van der Waals surface area contributed by atoms with Crippen LogP contribution in [0.15, 0.2) is 18.2 Å². The number of anilines is 2. The second-order valence-corrected chi connectivity index (χ2v) is 7.14. The van der Waals surface area contributed by atoms with Gasteiger partial charge in [0.1, 0.15) is 0 Å². The first kappa shape index (κ1) is 18.3. The molecule has 0 saturated heterocycles. The fourth-order valence-corrected chi connectivity index (χ4v) is 3.13. The maximum Gasteiger partial charge on any atom is 0.226 e. The van der Waals surface area contributed by atoms with Crippen molar-refractivity contribution in [1.82, 2.24) is 10.3 Å². The Morgan fingerprint density at radius 2 is 2.00 bits per heavy atom. The average molecular weight is 364 g/mol. The molecule has 0 radical (unpaired) electrons. The van der Waals surface area contributed by atoms with Gasteiger partial charge in [0.25, 0.3) is 0 Å². The number of thiazole rings is 1. The highest BCUT2D eigenvalue weighted by molar-refractivity contribution is 7.80. The third-order valence-electron chi connectivity index (χ3n) is 3.06. The smallest absolute Gasteiger partial charge is 0.226 e. The Bertz CT molecular complexity index is 771. The Morgan fingerprint density at radius 1 is 1.25 bits per heavy atom. The van der Waals surface area contributed by atoms with E-state index in [0.29, 0.717) is 18.0 Å². The predicted molar refractivity (Wildman–Crippen MR) is 102 cm³/mol. The van der Waals surface area contributed by atoms with Crippen LogP contribution in [0.5, 0.6) is 0 Å². The Balaban J connectivity index is 2.03. The summed E-state index contributed by atoms with van der Waals surface area (Å²) in [6.45, 7) is 5.74. The normalized spacial score (nSPS) is 10.7. The SMILES string of the molecule is CCC(=O)Nc1nc2ccc(NC(=S)NC(=O)CC(C)C)cc2s1. The fourth-order valence-electron chi connectivity index (χ4n) is 1.97. The van der Waals surface area contributed by atoms with Crippen molar-refractivity contribution in [2.75, 3.05) is 10.6 Å². The van der Waals surface area contributed by atoms with Gasteiger partial charge in [0.2, 0.25) is 11.8 Å². The molecule has 8 heteroatoms. The van der Waals surface area contributed by atoms with Crippen molar-refractivity contribution in [2.45, 2.75) is 33.6 Å². The van der Waals surface area contributed by atoms with Gasteiger partial charge in [-0.2, -0.15) is 0 Å². The second-order valence-electron chi connectivity index (χ2n) is 5.70. The number of carbonyl (C=O) groups excluding carboxylic acids is 2. The van der Waals surface area contributed by atoms with Gasteiger partial charge < -0.3 is 16.0 Å². The van der Waals surface area contributed by atoms with E-state index in [-0.39, 0.29) is 22.8 Å². The number of benzene rings is 1. The molecule has 3 N–H and O–H groups in total. The third-order valence-corrected chi connectivity index (χ3v) is 4.20. The number of aromatic nitrogens is 1. The molecular weight excluding hydrogens is 344 g/mol. The summed E-state index contributed by atoms with van der Waals surface area (Å²) in [4.78, 5) is 27.5. The van der Waals surface area contributed by atoms with Crippen LogP contribution in [0.3, 0.4) is 0 Å². The molecular formula is C16H20N4O2S2. The van der Waals surface area contributed by atoms with E-state index < -0.39 is 0 Å². The molecule has 0 unspecified atom stereocenters. The van der Waals surface area contributed by atoms with Crippen LogP contribution < -0.4 is 16.0 Å². The van der Waals surface area contributed by atoms with E-state index in [2.05, 4.69) is 20.9 Å². The molecule has 128 valence electrons. The van der Waals surface area contributed by atoms with Gasteiger partial charge in [-0.3, -0.25) is 9.59 Å². The molecule has 0 saturated carbocycles. The molecule has 6 nitrogen and oxygen atoms in total. The van der Waals surface area contributed by atoms with Crippen molar-refractivity contribution in [1.29, 1.82) is 0 Å². The summed E-state index contributed by atoms with van der Waals surface area (Å²) in [5.74, 6) is 0.102. The zero-order chi connectivity index (χ0) is 17.7. The Morgan fingerprint density at radius 3 is 2.67 bits per heavy atom. The number of rotatable bonds is 5. The average Bonchev–Trinajstić information content (AvgIpc) is 2.87. The lowest BCUT2D eigenvalue weighted by Gasteiger charge is -2.10. The zero-order valence-electron chi connectivity index (χ0n) is 13.8. The summed E-state index contributed by atoms with van der Waals surface area (Å²) in [6, 6.07) is 5.55. The lowest BCUT2D eigenvalue weighted by molar-refractivity contribution is -0.120. The molecule has 2 amide bonds. The topological polar surface area (TPSA) is 83.1 Å². The van der Waals surface area contributed by atoms with E-state index in [1.54, 1.807) is 6.92 Å². The van der Waals surface area contributed by atoms with Gasteiger partial charge in [-0.15, -0.1) is 0 Å². The maximum atomic E-state index is 11.7. The minimum Gasteiger partial charge on any atom is -0.332 e. The summed E-state index contributed by atoms with van der Waals surface area (Å²) in [6.07, 6.45) is 0.837. The number of fused-ring (bicyclic) bond motifs is 1. The van der Waals surface area contributed by atoms with E-state index in [4.69, 9.17) is 12.2 Å². The minimum absolute atomic E-state index is 0.0681. The first-order valence-corrected chi connectivity index (χ1v) is 8.91. The maximum absolute atomic E-state index is 11.7. The number of nitrogens with one attached hydrogen (secondary N) is 3. The number of amides is 2. The summed E-state index contributed by atoms with van der Waals surface area (Å²) >= 11 is 6.54. The van der Waals surface area contributed by atoms with Crippen LogP contribution >= 0.6 is 23.6 Å². The monoisotopic (exact) mass is 364 g/mol. The van der Waals surface area contributed by atoms with E-state index in [9.17, 15) is 9.59 Å². The Hall–Kier alpha value is -2.06.